The molecule has 7 rings (SSSR count). The molecule has 2 aromatic carbocycles. The fourth-order valence-electron chi connectivity index (χ4n) is 6.17. The number of carbonyl (C=O) groups excluding carboxylic acids is 3. The highest BCUT2D eigenvalue weighted by Gasteiger charge is 2.67. The number of rotatable bonds is 5. The molecule has 1 aliphatic heterocycles. The van der Waals surface area contributed by atoms with E-state index in [4.69, 9.17) is 0 Å². The monoisotopic (exact) mass is 412 g/mol. The number of benzene rings is 2. The van der Waals surface area contributed by atoms with Gasteiger partial charge >= 0.3 is 0 Å². The summed E-state index contributed by atoms with van der Waals surface area (Å²) >= 11 is 0. The number of nitrogens with one attached hydrogen (secondary N) is 1. The van der Waals surface area contributed by atoms with E-state index in [0.717, 1.165) is 12.0 Å². The van der Waals surface area contributed by atoms with Crippen molar-refractivity contribution in [3.63, 3.8) is 0 Å². The third-order valence-corrected chi connectivity index (χ3v) is 7.62. The first-order valence-corrected chi connectivity index (χ1v) is 11.1. The Bertz CT molecular complexity index is 1040. The average molecular weight is 412 g/mol. The molecule has 0 spiro atoms. The predicted molar refractivity (Wildman–Crippen MR) is 116 cm³/mol. The van der Waals surface area contributed by atoms with Crippen LogP contribution in [0.5, 0.6) is 0 Å². The minimum atomic E-state index is -0.857. The van der Waals surface area contributed by atoms with Crippen LogP contribution in [0.25, 0.3) is 0 Å². The maximum absolute atomic E-state index is 13.6. The number of imide groups is 1. The Morgan fingerprint density at radius 3 is 2.00 bits per heavy atom. The van der Waals surface area contributed by atoms with E-state index in [1.807, 2.05) is 60.7 Å². The Kier molecular flexibility index (Phi) is 4.13. The van der Waals surface area contributed by atoms with Crippen LogP contribution in [0, 0.1) is 35.5 Å². The molecule has 1 N–H and O–H groups in total. The van der Waals surface area contributed by atoms with Crippen LogP contribution in [0.3, 0.4) is 0 Å². The molecule has 2 aromatic rings. The van der Waals surface area contributed by atoms with Crippen molar-refractivity contribution in [2.45, 2.75) is 18.9 Å². The first kappa shape index (κ1) is 18.6. The highest BCUT2D eigenvalue weighted by atomic mass is 16.2. The Balaban J connectivity index is 1.34. The molecule has 5 heteroatoms. The van der Waals surface area contributed by atoms with E-state index >= 15 is 0 Å². The normalized spacial score (nSPS) is 33.1. The molecule has 1 saturated heterocycles. The molecule has 1 heterocycles. The molecular weight excluding hydrogens is 388 g/mol. The Morgan fingerprint density at radius 2 is 1.42 bits per heavy atom. The van der Waals surface area contributed by atoms with E-state index in [1.165, 1.54) is 4.90 Å². The summed E-state index contributed by atoms with van der Waals surface area (Å²) < 4.78 is 0. The maximum Gasteiger partial charge on any atom is 0.248 e. The largest absolute Gasteiger partial charge is 0.324 e. The van der Waals surface area contributed by atoms with Crippen LogP contribution >= 0.6 is 0 Å². The highest BCUT2D eigenvalue weighted by molar-refractivity contribution is 6.10. The number of amides is 3. The zero-order valence-electron chi connectivity index (χ0n) is 17.1. The van der Waals surface area contributed by atoms with Gasteiger partial charge in [0.1, 0.15) is 6.04 Å². The number of hydrogen-bond donors (Lipinski definition) is 1. The molecular formula is C26H24N2O3. The average Bonchev–Trinajstić information content (AvgIpc) is 3.58. The van der Waals surface area contributed by atoms with Crippen LogP contribution in [-0.4, -0.2) is 28.7 Å². The van der Waals surface area contributed by atoms with Gasteiger partial charge in [-0.1, -0.05) is 60.7 Å². The van der Waals surface area contributed by atoms with Crippen LogP contribution in [0.1, 0.15) is 12.0 Å². The van der Waals surface area contributed by atoms with Gasteiger partial charge in [-0.15, -0.1) is 0 Å². The van der Waals surface area contributed by atoms with Gasteiger partial charge < -0.3 is 5.32 Å². The molecule has 156 valence electrons. The number of likely N-dealkylation sites (tertiary alicyclic amines) is 1. The van der Waals surface area contributed by atoms with Crippen LogP contribution in [-0.2, 0) is 20.8 Å². The Hall–Kier alpha value is -3.21. The zero-order valence-corrected chi connectivity index (χ0v) is 17.1. The SMILES string of the molecule is O=C(Nc1ccccc1)[C@@H](Cc1ccccc1)N1C(=O)[C@H]2[C@@H]3C=C[C@H]([C@H]4C[C@H]34)[C@@H]2C1=O. The van der Waals surface area contributed by atoms with Crippen molar-refractivity contribution in [1.29, 1.82) is 0 Å². The molecule has 0 aromatic heterocycles. The van der Waals surface area contributed by atoms with Gasteiger partial charge in [0, 0.05) is 12.1 Å². The summed E-state index contributed by atoms with van der Waals surface area (Å²) in [4.78, 5) is 41.9. The molecule has 2 saturated carbocycles. The van der Waals surface area contributed by atoms with Crippen LogP contribution < -0.4 is 5.32 Å². The lowest BCUT2D eigenvalue weighted by atomic mass is 9.63. The van der Waals surface area contributed by atoms with Gasteiger partial charge in [-0.05, 0) is 47.8 Å². The second kappa shape index (κ2) is 6.91. The van der Waals surface area contributed by atoms with Gasteiger partial charge in [-0.2, -0.15) is 0 Å². The van der Waals surface area contributed by atoms with Crippen LogP contribution in [0.4, 0.5) is 5.69 Å². The molecule has 3 fully saturated rings. The number of allylic oxidation sites excluding steroid dienone is 2. The molecule has 0 unspecified atom stereocenters. The van der Waals surface area contributed by atoms with Gasteiger partial charge in [0.15, 0.2) is 0 Å². The summed E-state index contributed by atoms with van der Waals surface area (Å²) in [7, 11) is 0. The molecule has 5 nitrogen and oxygen atoms in total. The van der Waals surface area contributed by atoms with Gasteiger partial charge in [0.05, 0.1) is 11.8 Å². The van der Waals surface area contributed by atoms with E-state index in [9.17, 15) is 14.4 Å². The van der Waals surface area contributed by atoms with E-state index in [0.29, 0.717) is 23.9 Å². The summed E-state index contributed by atoms with van der Waals surface area (Å²) in [6.07, 6.45) is 5.75. The van der Waals surface area contributed by atoms with Gasteiger partial charge in [-0.25, -0.2) is 0 Å². The van der Waals surface area contributed by atoms with E-state index in [1.54, 1.807) is 0 Å². The third kappa shape index (κ3) is 2.87. The zero-order chi connectivity index (χ0) is 21.1. The van der Waals surface area contributed by atoms with Crippen molar-refractivity contribution >= 4 is 23.4 Å². The molecule has 3 amide bonds. The molecule has 31 heavy (non-hydrogen) atoms. The van der Waals surface area contributed by atoms with E-state index in [2.05, 4.69) is 17.5 Å². The number of para-hydroxylation sites is 1. The van der Waals surface area contributed by atoms with Gasteiger partial charge in [-0.3, -0.25) is 19.3 Å². The quantitative estimate of drug-likeness (QED) is 0.605. The molecule has 2 bridgehead atoms. The smallest absolute Gasteiger partial charge is 0.248 e. The Morgan fingerprint density at radius 1 is 0.871 bits per heavy atom. The second-order valence-electron chi connectivity index (χ2n) is 9.26. The fourth-order valence-corrected chi connectivity index (χ4v) is 6.17. The summed E-state index contributed by atoms with van der Waals surface area (Å²) in [5.41, 5.74) is 1.58. The van der Waals surface area contributed by atoms with Crippen molar-refractivity contribution in [1.82, 2.24) is 4.90 Å². The number of carbonyl (C=O) groups is 3. The lowest BCUT2D eigenvalue weighted by Gasteiger charge is -2.37. The van der Waals surface area contributed by atoms with Crippen molar-refractivity contribution in [2.75, 3.05) is 5.32 Å². The van der Waals surface area contributed by atoms with Crippen LogP contribution in [0.15, 0.2) is 72.8 Å². The lowest BCUT2D eigenvalue weighted by molar-refractivity contribution is -0.146. The second-order valence-corrected chi connectivity index (χ2v) is 9.26. The van der Waals surface area contributed by atoms with Crippen molar-refractivity contribution in [3.8, 4) is 0 Å². The minimum Gasteiger partial charge on any atom is -0.324 e. The summed E-state index contributed by atoms with van der Waals surface area (Å²) in [5.74, 6) is 0.140. The lowest BCUT2D eigenvalue weighted by Crippen LogP contribution is -2.49. The Labute approximate surface area is 181 Å². The standard InChI is InChI=1S/C26H24N2O3/c29-24(27-16-9-5-2-6-10-16)21(13-15-7-3-1-4-8-15)28-25(30)22-17-11-12-18(20-14-19(17)20)23(22)26(28)31/h1-12,17-23H,13-14H2,(H,27,29)/t17-,18-,19-,20-,21-,22+,23+/m1/s1. The summed E-state index contributed by atoms with van der Waals surface area (Å²) in [5, 5.41) is 2.92. The molecule has 4 aliphatic carbocycles. The highest BCUT2D eigenvalue weighted by Crippen LogP contribution is 2.65. The number of anilines is 1. The first-order chi connectivity index (χ1) is 15.1. The van der Waals surface area contributed by atoms with Crippen molar-refractivity contribution in [3.05, 3.63) is 78.4 Å². The summed E-state index contributed by atoms with van der Waals surface area (Å²) in [6, 6.07) is 17.9. The molecule has 5 aliphatic rings. The number of nitrogens with zero attached hydrogens (tertiary/aromatic N) is 1. The van der Waals surface area contributed by atoms with Crippen LogP contribution in [0.2, 0.25) is 0 Å². The third-order valence-electron chi connectivity index (χ3n) is 7.62. The molecule has 7 atom stereocenters. The topological polar surface area (TPSA) is 66.5 Å². The van der Waals surface area contributed by atoms with Gasteiger partial charge in [0.25, 0.3) is 0 Å². The van der Waals surface area contributed by atoms with E-state index < -0.39 is 6.04 Å². The van der Waals surface area contributed by atoms with Crippen molar-refractivity contribution in [2.24, 2.45) is 35.5 Å². The fraction of sp³-hybridized carbons (Fsp3) is 0.346. The van der Waals surface area contributed by atoms with Crippen molar-refractivity contribution < 1.29 is 14.4 Å². The first-order valence-electron chi connectivity index (χ1n) is 11.1. The number of hydrogen-bond acceptors (Lipinski definition) is 3. The van der Waals surface area contributed by atoms with Gasteiger partial charge in [0.2, 0.25) is 17.7 Å². The minimum absolute atomic E-state index is 0.149. The summed E-state index contributed by atoms with van der Waals surface area (Å²) in [6.45, 7) is 0. The predicted octanol–water partition coefficient (Wildman–Crippen LogP) is 3.29. The molecule has 0 radical (unpaired) electrons. The maximum atomic E-state index is 13.6. The van der Waals surface area contributed by atoms with E-state index in [-0.39, 0.29) is 41.4 Å².